The number of para-hydroxylation sites is 1. The molecule has 1 aliphatic carbocycles. The van der Waals surface area contributed by atoms with Crippen LogP contribution in [0.25, 0.3) is 10.9 Å². The molecule has 2 heterocycles. The van der Waals surface area contributed by atoms with Crippen molar-refractivity contribution in [2.75, 3.05) is 31.1 Å². The second-order valence-corrected chi connectivity index (χ2v) is 8.72. The Kier molecular flexibility index (Phi) is 5.74. The van der Waals surface area contributed by atoms with Crippen LogP contribution in [0.3, 0.4) is 0 Å². The molecule has 1 aliphatic heterocycles. The number of amides is 1. The monoisotopic (exact) mass is 425 g/mol. The van der Waals surface area contributed by atoms with E-state index < -0.39 is 0 Å². The van der Waals surface area contributed by atoms with E-state index in [-0.39, 0.29) is 5.91 Å². The fraction of sp³-hybridized carbons (Fsp3) is 0.346. The van der Waals surface area contributed by atoms with Crippen LogP contribution in [0.2, 0.25) is 0 Å². The van der Waals surface area contributed by atoms with Crippen LogP contribution in [0.5, 0.6) is 0 Å². The molecule has 0 atom stereocenters. The van der Waals surface area contributed by atoms with E-state index in [1.807, 2.05) is 54.6 Å². The van der Waals surface area contributed by atoms with Gasteiger partial charge in [0.1, 0.15) is 5.82 Å². The highest BCUT2D eigenvalue weighted by Gasteiger charge is 2.26. The number of nitrogens with one attached hydrogen (secondary N) is 1. The Bertz CT molecular complexity index is 1160. The molecular formula is C26H27N5O. The molecule has 162 valence electrons. The summed E-state index contributed by atoms with van der Waals surface area (Å²) in [5.41, 5.74) is 3.50. The molecule has 6 heteroatoms. The molecule has 32 heavy (non-hydrogen) atoms. The van der Waals surface area contributed by atoms with E-state index in [4.69, 9.17) is 10.2 Å². The topological polar surface area (TPSA) is 72.3 Å². The van der Waals surface area contributed by atoms with Gasteiger partial charge in [-0.1, -0.05) is 30.3 Å². The minimum Gasteiger partial charge on any atom is -0.355 e. The zero-order chi connectivity index (χ0) is 21.9. The third kappa shape index (κ3) is 4.58. The summed E-state index contributed by atoms with van der Waals surface area (Å²) in [6.45, 7) is 4.60. The molecule has 2 aromatic carbocycles. The summed E-state index contributed by atoms with van der Waals surface area (Å²) >= 11 is 0. The first kappa shape index (κ1) is 20.5. The molecule has 1 saturated heterocycles. The summed E-state index contributed by atoms with van der Waals surface area (Å²) in [4.78, 5) is 22.6. The van der Waals surface area contributed by atoms with Crippen LogP contribution in [-0.4, -0.2) is 48.0 Å². The highest BCUT2D eigenvalue weighted by atomic mass is 16.1. The number of anilines is 1. The molecule has 2 aliphatic rings. The van der Waals surface area contributed by atoms with Gasteiger partial charge in [-0.25, -0.2) is 4.98 Å². The van der Waals surface area contributed by atoms with Crippen LogP contribution in [0.15, 0.2) is 54.6 Å². The van der Waals surface area contributed by atoms with E-state index in [0.717, 1.165) is 74.3 Å². The Balaban J connectivity index is 1.33. The van der Waals surface area contributed by atoms with E-state index >= 15 is 0 Å². The van der Waals surface area contributed by atoms with Gasteiger partial charge in [0, 0.05) is 44.2 Å². The number of carbonyl (C=O) groups is 1. The van der Waals surface area contributed by atoms with Crippen molar-refractivity contribution >= 4 is 22.6 Å². The Morgan fingerprint density at radius 3 is 2.66 bits per heavy atom. The molecule has 3 aromatic rings. The average Bonchev–Trinajstić information content (AvgIpc) is 3.66. The summed E-state index contributed by atoms with van der Waals surface area (Å²) in [5, 5.41) is 13.0. The Labute approximate surface area is 188 Å². The fourth-order valence-corrected chi connectivity index (χ4v) is 4.30. The van der Waals surface area contributed by atoms with Crippen molar-refractivity contribution in [1.82, 2.24) is 15.2 Å². The van der Waals surface area contributed by atoms with Gasteiger partial charge in [0.2, 0.25) is 0 Å². The smallest absolute Gasteiger partial charge is 0.252 e. The first-order valence-corrected chi connectivity index (χ1v) is 11.4. The van der Waals surface area contributed by atoms with Crippen molar-refractivity contribution in [1.29, 1.82) is 5.26 Å². The number of carbonyl (C=O) groups excluding carboxylic acids is 1. The van der Waals surface area contributed by atoms with Crippen LogP contribution >= 0.6 is 0 Å². The summed E-state index contributed by atoms with van der Waals surface area (Å²) in [7, 11) is 0. The molecule has 0 unspecified atom stereocenters. The second kappa shape index (κ2) is 8.97. The molecule has 1 N–H and O–H groups in total. The number of nitrogens with zero attached hydrogens (tertiary/aromatic N) is 4. The van der Waals surface area contributed by atoms with Crippen molar-refractivity contribution in [3.8, 4) is 6.07 Å². The predicted molar refractivity (Wildman–Crippen MR) is 125 cm³/mol. The van der Waals surface area contributed by atoms with Gasteiger partial charge in [-0.05, 0) is 49.1 Å². The SMILES string of the molecule is N#Cc1ccc(CN2CCCN(c3cc(C(=O)NC4CC4)c4ccccc4n3)CC2)cc1. The van der Waals surface area contributed by atoms with Gasteiger partial charge in [0.05, 0.1) is 22.7 Å². The number of aromatic nitrogens is 1. The maximum absolute atomic E-state index is 12.9. The molecule has 6 nitrogen and oxygen atoms in total. The Morgan fingerprint density at radius 1 is 1.06 bits per heavy atom. The van der Waals surface area contributed by atoms with E-state index in [2.05, 4.69) is 21.2 Å². The number of nitriles is 1. The molecule has 2 fully saturated rings. The molecule has 1 saturated carbocycles. The highest BCUT2D eigenvalue weighted by Crippen LogP contribution is 2.26. The van der Waals surface area contributed by atoms with Crippen molar-refractivity contribution in [2.45, 2.75) is 31.8 Å². The van der Waals surface area contributed by atoms with E-state index in [1.165, 1.54) is 5.56 Å². The maximum atomic E-state index is 12.9. The van der Waals surface area contributed by atoms with Gasteiger partial charge < -0.3 is 10.2 Å². The van der Waals surface area contributed by atoms with E-state index in [9.17, 15) is 4.79 Å². The molecule has 0 spiro atoms. The van der Waals surface area contributed by atoms with Gasteiger partial charge in [0.25, 0.3) is 5.91 Å². The summed E-state index contributed by atoms with van der Waals surface area (Å²) < 4.78 is 0. The van der Waals surface area contributed by atoms with Crippen molar-refractivity contribution in [3.63, 3.8) is 0 Å². The zero-order valence-electron chi connectivity index (χ0n) is 18.1. The number of benzene rings is 2. The van der Waals surface area contributed by atoms with Crippen LogP contribution < -0.4 is 10.2 Å². The van der Waals surface area contributed by atoms with Gasteiger partial charge in [0.15, 0.2) is 0 Å². The minimum absolute atomic E-state index is 0.00427. The number of pyridine rings is 1. The lowest BCUT2D eigenvalue weighted by atomic mass is 10.1. The quantitative estimate of drug-likeness (QED) is 0.675. The van der Waals surface area contributed by atoms with Crippen LogP contribution in [-0.2, 0) is 6.54 Å². The number of fused-ring (bicyclic) bond motifs is 1. The number of hydrogen-bond acceptors (Lipinski definition) is 5. The molecular weight excluding hydrogens is 398 g/mol. The fourth-order valence-electron chi connectivity index (χ4n) is 4.30. The molecule has 5 rings (SSSR count). The molecule has 0 radical (unpaired) electrons. The van der Waals surface area contributed by atoms with Crippen LogP contribution in [0, 0.1) is 11.3 Å². The summed E-state index contributed by atoms with van der Waals surface area (Å²) in [6.07, 6.45) is 3.18. The van der Waals surface area contributed by atoms with Crippen molar-refractivity contribution in [3.05, 3.63) is 71.3 Å². The first-order valence-electron chi connectivity index (χ1n) is 11.4. The van der Waals surface area contributed by atoms with Crippen molar-refractivity contribution < 1.29 is 4.79 Å². The summed E-state index contributed by atoms with van der Waals surface area (Å²) in [6, 6.07) is 20.2. The maximum Gasteiger partial charge on any atom is 0.252 e. The number of rotatable bonds is 5. The highest BCUT2D eigenvalue weighted by molar-refractivity contribution is 6.07. The second-order valence-electron chi connectivity index (χ2n) is 8.72. The minimum atomic E-state index is 0.00427. The first-order chi connectivity index (χ1) is 15.7. The van der Waals surface area contributed by atoms with Gasteiger partial charge in [-0.15, -0.1) is 0 Å². The Morgan fingerprint density at radius 2 is 1.88 bits per heavy atom. The number of hydrogen-bond donors (Lipinski definition) is 1. The predicted octanol–water partition coefficient (Wildman–Crippen LogP) is 3.71. The lowest BCUT2D eigenvalue weighted by Crippen LogP contribution is -2.31. The van der Waals surface area contributed by atoms with Crippen LogP contribution in [0.4, 0.5) is 5.82 Å². The molecule has 1 aromatic heterocycles. The molecule has 1 amide bonds. The van der Waals surface area contributed by atoms with Gasteiger partial charge in [-0.3, -0.25) is 9.69 Å². The lowest BCUT2D eigenvalue weighted by Gasteiger charge is -2.24. The lowest BCUT2D eigenvalue weighted by molar-refractivity contribution is 0.0952. The van der Waals surface area contributed by atoms with Gasteiger partial charge in [-0.2, -0.15) is 5.26 Å². The van der Waals surface area contributed by atoms with Crippen molar-refractivity contribution in [2.24, 2.45) is 0 Å². The third-order valence-electron chi connectivity index (χ3n) is 6.26. The average molecular weight is 426 g/mol. The standard InChI is InChI=1S/C26H27N5O/c27-17-19-6-8-20(9-7-19)18-30-12-3-13-31(15-14-30)25-16-23(26(32)28-21-10-11-21)22-4-1-2-5-24(22)29-25/h1-2,4-9,16,21H,3,10-15,18H2,(H,28,32). The summed E-state index contributed by atoms with van der Waals surface area (Å²) in [5.74, 6) is 0.884. The van der Waals surface area contributed by atoms with Crippen LogP contribution in [0.1, 0.15) is 40.7 Å². The van der Waals surface area contributed by atoms with E-state index in [0.29, 0.717) is 11.6 Å². The van der Waals surface area contributed by atoms with Gasteiger partial charge >= 0.3 is 0 Å². The normalized spacial score (nSPS) is 17.0. The van der Waals surface area contributed by atoms with E-state index in [1.54, 1.807) is 0 Å². The third-order valence-corrected chi connectivity index (χ3v) is 6.26. The largest absolute Gasteiger partial charge is 0.355 e. The zero-order valence-corrected chi connectivity index (χ0v) is 18.1. The molecule has 0 bridgehead atoms. The Hall–Kier alpha value is -3.43.